The molecule has 0 spiro atoms. The molecule has 2 aromatic carbocycles. The van der Waals surface area contributed by atoms with Crippen molar-refractivity contribution in [3.8, 4) is 0 Å². The molecule has 0 radical (unpaired) electrons. The molecule has 29 heavy (non-hydrogen) atoms. The van der Waals surface area contributed by atoms with Crippen molar-refractivity contribution in [3.63, 3.8) is 0 Å². The van der Waals surface area contributed by atoms with Crippen LogP contribution >= 0.6 is 0 Å². The number of benzene rings is 2. The summed E-state index contributed by atoms with van der Waals surface area (Å²) in [5, 5.41) is 5.62. The lowest BCUT2D eigenvalue weighted by Crippen LogP contribution is -2.21. The second-order valence-corrected chi connectivity index (χ2v) is 6.38. The lowest BCUT2D eigenvalue weighted by atomic mass is 10.2. The average molecular weight is 396 g/mol. The number of hydrogen-bond donors (Lipinski definition) is 2. The van der Waals surface area contributed by atoms with E-state index in [1.807, 2.05) is 24.3 Å². The van der Waals surface area contributed by atoms with Gasteiger partial charge in [0.05, 0.1) is 23.1 Å². The first-order chi connectivity index (χ1) is 14.0. The highest BCUT2D eigenvalue weighted by Gasteiger charge is 2.11. The minimum atomic E-state index is -0.839. The van der Waals surface area contributed by atoms with Gasteiger partial charge in [-0.2, -0.15) is 0 Å². The van der Waals surface area contributed by atoms with Gasteiger partial charge in [-0.1, -0.05) is 0 Å². The molecule has 150 valence electrons. The van der Waals surface area contributed by atoms with Crippen molar-refractivity contribution in [2.24, 2.45) is 0 Å². The van der Waals surface area contributed by atoms with Crippen molar-refractivity contribution in [2.75, 3.05) is 28.6 Å². The Hall–Kier alpha value is -3.48. The second-order valence-electron chi connectivity index (χ2n) is 6.38. The van der Waals surface area contributed by atoms with Crippen LogP contribution in [-0.2, 0) is 0 Å². The molecule has 0 fully saturated rings. The highest BCUT2D eigenvalue weighted by Crippen LogP contribution is 2.22. The van der Waals surface area contributed by atoms with Gasteiger partial charge in [0.15, 0.2) is 0 Å². The Kier molecular flexibility index (Phi) is 6.39. The minimum Gasteiger partial charge on any atom is -0.372 e. The van der Waals surface area contributed by atoms with Gasteiger partial charge in [-0.25, -0.2) is 8.78 Å². The summed E-state index contributed by atoms with van der Waals surface area (Å²) in [6.45, 7) is 6.07. The molecule has 0 aliphatic carbocycles. The Morgan fingerprint density at radius 3 is 2.34 bits per heavy atom. The van der Waals surface area contributed by atoms with Crippen LogP contribution in [0.4, 0.5) is 31.5 Å². The number of carbonyl (C=O) groups is 1. The van der Waals surface area contributed by atoms with Gasteiger partial charge in [-0.15, -0.1) is 0 Å². The molecule has 5 nitrogen and oxygen atoms in total. The fourth-order valence-electron chi connectivity index (χ4n) is 2.93. The molecule has 0 aliphatic rings. The minimum absolute atomic E-state index is 0.0956. The standard InChI is InChI=1S/C22H22F2N4O/c1-3-28(4-2)19-8-6-17(7-9-19)26-18-11-15(13-25-14-18)22(29)27-21-10-5-16(23)12-20(21)24/h5-14,26H,3-4H2,1-2H3,(H,27,29). The predicted molar refractivity (Wildman–Crippen MR) is 112 cm³/mol. The average Bonchev–Trinajstić information content (AvgIpc) is 2.72. The summed E-state index contributed by atoms with van der Waals surface area (Å²) < 4.78 is 26.8. The largest absolute Gasteiger partial charge is 0.372 e. The quantitative estimate of drug-likeness (QED) is 0.576. The van der Waals surface area contributed by atoms with Gasteiger partial charge in [0, 0.05) is 36.7 Å². The van der Waals surface area contributed by atoms with E-state index >= 15 is 0 Å². The van der Waals surface area contributed by atoms with Gasteiger partial charge in [0.2, 0.25) is 0 Å². The van der Waals surface area contributed by atoms with Crippen LogP contribution in [-0.4, -0.2) is 24.0 Å². The monoisotopic (exact) mass is 396 g/mol. The molecular formula is C22H22F2N4O. The van der Waals surface area contributed by atoms with Gasteiger partial charge in [0.1, 0.15) is 11.6 Å². The molecule has 0 aliphatic heterocycles. The molecule has 2 N–H and O–H groups in total. The van der Waals surface area contributed by atoms with Crippen LogP contribution in [0, 0.1) is 11.6 Å². The molecule has 7 heteroatoms. The number of nitrogens with zero attached hydrogens (tertiary/aromatic N) is 2. The van der Waals surface area contributed by atoms with E-state index in [4.69, 9.17) is 0 Å². The maximum Gasteiger partial charge on any atom is 0.257 e. The Morgan fingerprint density at radius 2 is 1.69 bits per heavy atom. The normalized spacial score (nSPS) is 10.5. The van der Waals surface area contributed by atoms with E-state index in [0.29, 0.717) is 11.8 Å². The topological polar surface area (TPSA) is 57.3 Å². The maximum absolute atomic E-state index is 13.7. The summed E-state index contributed by atoms with van der Waals surface area (Å²) in [4.78, 5) is 18.7. The predicted octanol–water partition coefficient (Wildman–Crippen LogP) is 5.20. The van der Waals surface area contributed by atoms with Crippen molar-refractivity contribution < 1.29 is 13.6 Å². The van der Waals surface area contributed by atoms with Crippen molar-refractivity contribution in [1.82, 2.24) is 4.98 Å². The Morgan fingerprint density at radius 1 is 0.966 bits per heavy atom. The summed E-state index contributed by atoms with van der Waals surface area (Å²) in [6.07, 6.45) is 2.97. The van der Waals surface area contributed by atoms with E-state index in [1.54, 1.807) is 12.3 Å². The van der Waals surface area contributed by atoms with Gasteiger partial charge in [0.25, 0.3) is 5.91 Å². The lowest BCUT2D eigenvalue weighted by molar-refractivity contribution is 0.102. The first-order valence-corrected chi connectivity index (χ1v) is 9.33. The van der Waals surface area contributed by atoms with Crippen LogP contribution in [0.3, 0.4) is 0 Å². The van der Waals surface area contributed by atoms with Crippen LogP contribution < -0.4 is 15.5 Å². The molecule has 1 amide bonds. The highest BCUT2D eigenvalue weighted by atomic mass is 19.1. The van der Waals surface area contributed by atoms with Gasteiger partial charge in [-0.05, 0) is 56.3 Å². The van der Waals surface area contributed by atoms with Gasteiger partial charge in [-0.3, -0.25) is 9.78 Å². The van der Waals surface area contributed by atoms with Crippen LogP contribution in [0.5, 0.6) is 0 Å². The molecule has 0 unspecified atom stereocenters. The molecule has 0 saturated heterocycles. The van der Waals surface area contributed by atoms with Crippen LogP contribution in [0.15, 0.2) is 60.9 Å². The molecule has 0 saturated carbocycles. The van der Waals surface area contributed by atoms with E-state index in [2.05, 4.69) is 34.4 Å². The zero-order valence-corrected chi connectivity index (χ0v) is 16.2. The lowest BCUT2D eigenvalue weighted by Gasteiger charge is -2.21. The van der Waals surface area contributed by atoms with E-state index in [9.17, 15) is 13.6 Å². The molecule has 3 aromatic rings. The van der Waals surface area contributed by atoms with Crippen molar-refractivity contribution in [1.29, 1.82) is 0 Å². The summed E-state index contributed by atoms with van der Waals surface area (Å²) in [5.74, 6) is -2.09. The van der Waals surface area contributed by atoms with Crippen LogP contribution in [0.2, 0.25) is 0 Å². The third-order valence-electron chi connectivity index (χ3n) is 4.46. The zero-order chi connectivity index (χ0) is 20.8. The summed E-state index contributed by atoms with van der Waals surface area (Å²) in [5.41, 5.74) is 2.76. The first-order valence-electron chi connectivity index (χ1n) is 9.33. The number of aromatic nitrogens is 1. The van der Waals surface area contributed by atoms with Crippen molar-refractivity contribution in [3.05, 3.63) is 78.1 Å². The Labute approximate surface area is 168 Å². The zero-order valence-electron chi connectivity index (χ0n) is 16.2. The number of anilines is 4. The number of rotatable bonds is 7. The SMILES string of the molecule is CCN(CC)c1ccc(Nc2cncc(C(=O)Nc3ccc(F)cc3F)c2)cc1. The van der Waals surface area contributed by atoms with Crippen molar-refractivity contribution >= 4 is 28.7 Å². The Balaban J connectivity index is 1.71. The van der Waals surface area contributed by atoms with Gasteiger partial charge >= 0.3 is 0 Å². The fraction of sp³-hybridized carbons (Fsp3) is 0.182. The summed E-state index contributed by atoms with van der Waals surface area (Å²) >= 11 is 0. The van der Waals surface area contributed by atoms with Gasteiger partial charge < -0.3 is 15.5 Å². The fourth-order valence-corrected chi connectivity index (χ4v) is 2.93. The number of hydrogen-bond acceptors (Lipinski definition) is 4. The van der Waals surface area contributed by atoms with E-state index in [1.165, 1.54) is 12.3 Å². The summed E-state index contributed by atoms with van der Waals surface area (Å²) in [7, 11) is 0. The Bertz CT molecular complexity index is 988. The number of pyridine rings is 1. The van der Waals surface area contributed by atoms with Crippen LogP contribution in [0.25, 0.3) is 0 Å². The van der Waals surface area contributed by atoms with Crippen molar-refractivity contribution in [2.45, 2.75) is 13.8 Å². The van der Waals surface area contributed by atoms with E-state index < -0.39 is 17.5 Å². The molecule has 3 rings (SSSR count). The molecule has 1 aromatic heterocycles. The maximum atomic E-state index is 13.7. The van der Waals surface area contributed by atoms with E-state index in [-0.39, 0.29) is 11.3 Å². The molecule has 1 heterocycles. The number of amides is 1. The highest BCUT2D eigenvalue weighted by molar-refractivity contribution is 6.04. The number of halogens is 2. The van der Waals surface area contributed by atoms with E-state index in [0.717, 1.165) is 30.5 Å². The molecular weight excluding hydrogens is 374 g/mol. The number of nitrogens with one attached hydrogen (secondary N) is 2. The summed E-state index contributed by atoms with van der Waals surface area (Å²) in [6, 6.07) is 12.5. The third-order valence-corrected chi connectivity index (χ3v) is 4.46. The number of carbonyl (C=O) groups excluding carboxylic acids is 1. The second kappa shape index (κ2) is 9.14. The van der Waals surface area contributed by atoms with Crippen LogP contribution in [0.1, 0.15) is 24.2 Å². The third kappa shape index (κ3) is 5.07. The first kappa shape index (κ1) is 20.3. The molecule has 0 atom stereocenters. The molecule has 0 bridgehead atoms. The smallest absolute Gasteiger partial charge is 0.257 e.